The summed E-state index contributed by atoms with van der Waals surface area (Å²) >= 11 is 0. The van der Waals surface area contributed by atoms with Crippen LogP contribution in [-0.2, 0) is 29.7 Å². The molecule has 1 aromatic carbocycles. The molecular weight excluding hydrogens is 428 g/mol. The van der Waals surface area contributed by atoms with Crippen LogP contribution in [0.2, 0.25) is 0 Å². The van der Waals surface area contributed by atoms with Crippen molar-refractivity contribution >= 4 is 29.7 Å². The normalized spacial score (nSPS) is 33.9. The van der Waals surface area contributed by atoms with E-state index in [4.69, 9.17) is 4.74 Å². The number of rotatable bonds is 3. The highest BCUT2D eigenvalue weighted by Crippen LogP contribution is 2.38. The van der Waals surface area contributed by atoms with Gasteiger partial charge in [-0.25, -0.2) is 25.3 Å². The minimum absolute atomic E-state index is 0.0806. The van der Waals surface area contributed by atoms with Gasteiger partial charge in [-0.2, -0.15) is 4.31 Å². The fraction of sp³-hybridized carbons (Fsp3) is 0.625. The van der Waals surface area contributed by atoms with E-state index in [0.29, 0.717) is 5.56 Å². The van der Waals surface area contributed by atoms with Gasteiger partial charge in [0.05, 0.1) is 42.2 Å². The van der Waals surface area contributed by atoms with E-state index in [1.54, 1.807) is 13.0 Å². The average molecular weight is 451 g/mol. The average Bonchev–Trinajstić information content (AvgIpc) is 3.03. The van der Waals surface area contributed by atoms with Gasteiger partial charge in [0.1, 0.15) is 10.6 Å². The Morgan fingerprint density at radius 3 is 2.04 bits per heavy atom. The number of piperazine rings is 1. The lowest BCUT2D eigenvalue weighted by atomic mass is 10.0. The number of sulfonamides is 1. The Balaban J connectivity index is 1.88. The first-order chi connectivity index (χ1) is 12.9. The van der Waals surface area contributed by atoms with Crippen LogP contribution in [0.15, 0.2) is 23.1 Å². The molecule has 0 spiro atoms. The Kier molecular flexibility index (Phi) is 4.58. The molecule has 1 N–H and O–H groups in total. The summed E-state index contributed by atoms with van der Waals surface area (Å²) in [5, 5.41) is 3.09. The maximum Gasteiger partial charge on any atom is 0.247 e. The second-order valence-corrected chi connectivity index (χ2v) is 13.8. The van der Waals surface area contributed by atoms with Gasteiger partial charge in [0, 0.05) is 12.1 Å². The molecule has 4 atom stereocenters. The summed E-state index contributed by atoms with van der Waals surface area (Å²) in [7, 11) is -9.72. The molecule has 28 heavy (non-hydrogen) atoms. The Bertz CT molecular complexity index is 1080. The van der Waals surface area contributed by atoms with Crippen LogP contribution in [0.5, 0.6) is 5.75 Å². The summed E-state index contributed by atoms with van der Waals surface area (Å²) in [4.78, 5) is -0.0806. The number of aryl methyl sites for hydroxylation is 1. The van der Waals surface area contributed by atoms with Crippen LogP contribution in [0, 0.1) is 6.92 Å². The molecule has 0 aliphatic carbocycles. The van der Waals surface area contributed by atoms with Gasteiger partial charge in [0.15, 0.2) is 19.7 Å². The van der Waals surface area contributed by atoms with Crippen molar-refractivity contribution in [2.45, 2.75) is 36.0 Å². The van der Waals surface area contributed by atoms with Crippen LogP contribution in [0.3, 0.4) is 0 Å². The molecule has 0 radical (unpaired) electrons. The minimum atomic E-state index is -4.20. The molecule has 0 aromatic heterocycles. The largest absolute Gasteiger partial charge is 0.495 e. The molecule has 156 valence electrons. The second kappa shape index (κ2) is 6.39. The second-order valence-electron chi connectivity index (χ2n) is 7.66. The molecule has 4 rings (SSSR count). The van der Waals surface area contributed by atoms with Gasteiger partial charge in [0.2, 0.25) is 10.0 Å². The van der Waals surface area contributed by atoms with Crippen molar-refractivity contribution in [3.8, 4) is 5.75 Å². The van der Waals surface area contributed by atoms with Crippen LogP contribution in [0.1, 0.15) is 5.56 Å². The number of benzene rings is 1. The summed E-state index contributed by atoms with van der Waals surface area (Å²) in [5.74, 6) is -0.947. The first-order valence-electron chi connectivity index (χ1n) is 8.79. The quantitative estimate of drug-likeness (QED) is 0.617. The predicted octanol–water partition coefficient (Wildman–Crippen LogP) is -1.07. The molecule has 12 heteroatoms. The molecule has 3 fully saturated rings. The maximum atomic E-state index is 13.7. The Hall–Kier alpha value is -1.21. The molecule has 0 bridgehead atoms. The van der Waals surface area contributed by atoms with E-state index in [1.165, 1.54) is 19.2 Å². The lowest BCUT2D eigenvalue weighted by Gasteiger charge is -2.43. The first-order valence-corrected chi connectivity index (χ1v) is 13.9. The first kappa shape index (κ1) is 20.1. The number of fused-ring (bicyclic) bond motifs is 2. The highest BCUT2D eigenvalue weighted by molar-refractivity contribution is 7.92. The number of hydrogen-bond donors (Lipinski definition) is 1. The van der Waals surface area contributed by atoms with Crippen molar-refractivity contribution in [1.29, 1.82) is 0 Å². The summed E-state index contributed by atoms with van der Waals surface area (Å²) in [6.45, 7) is 1.74. The number of methoxy groups -OCH3 is 1. The number of sulfone groups is 2. The molecular formula is C16H22N2O7S3. The van der Waals surface area contributed by atoms with E-state index in [0.717, 1.165) is 4.31 Å². The Morgan fingerprint density at radius 1 is 1.00 bits per heavy atom. The smallest absolute Gasteiger partial charge is 0.247 e. The van der Waals surface area contributed by atoms with E-state index in [2.05, 4.69) is 5.32 Å². The van der Waals surface area contributed by atoms with Crippen molar-refractivity contribution < 1.29 is 30.0 Å². The van der Waals surface area contributed by atoms with Crippen molar-refractivity contribution in [3.05, 3.63) is 23.8 Å². The lowest BCUT2D eigenvalue weighted by Crippen LogP contribution is -2.67. The lowest BCUT2D eigenvalue weighted by molar-refractivity contribution is 0.160. The number of nitrogens with one attached hydrogen (secondary N) is 1. The zero-order valence-corrected chi connectivity index (χ0v) is 17.8. The zero-order valence-electron chi connectivity index (χ0n) is 15.4. The van der Waals surface area contributed by atoms with Crippen molar-refractivity contribution in [3.63, 3.8) is 0 Å². The van der Waals surface area contributed by atoms with E-state index >= 15 is 0 Å². The van der Waals surface area contributed by atoms with Crippen molar-refractivity contribution in [2.24, 2.45) is 0 Å². The van der Waals surface area contributed by atoms with Crippen molar-refractivity contribution in [1.82, 2.24) is 9.62 Å². The third kappa shape index (κ3) is 3.24. The van der Waals surface area contributed by atoms with E-state index < -0.39 is 53.9 Å². The summed E-state index contributed by atoms with van der Waals surface area (Å²) in [5.41, 5.74) is 0.695. The van der Waals surface area contributed by atoms with Crippen LogP contribution < -0.4 is 10.1 Å². The molecule has 9 nitrogen and oxygen atoms in total. The molecule has 3 heterocycles. The van der Waals surface area contributed by atoms with E-state index in [1.807, 2.05) is 0 Å². The minimum Gasteiger partial charge on any atom is -0.495 e. The zero-order chi connectivity index (χ0) is 20.5. The van der Waals surface area contributed by atoms with Gasteiger partial charge in [-0.3, -0.25) is 0 Å². The highest BCUT2D eigenvalue weighted by atomic mass is 32.2. The highest BCUT2D eigenvalue weighted by Gasteiger charge is 2.57. The van der Waals surface area contributed by atoms with Gasteiger partial charge < -0.3 is 10.1 Å². The standard InChI is InChI=1S/C16H22N2O7S3/c1-10-3-4-15(25-2)16(5-10)28(23,24)18-13-8-26(19,20)6-11(13)17-12-7-27(21,22)9-14(12)18/h3-5,11-14,17H,6-9H2,1-2H3/t11-,12+,13-,14-/m1/s1. The van der Waals surface area contributed by atoms with Crippen LogP contribution in [-0.4, -0.2) is 83.8 Å². The van der Waals surface area contributed by atoms with Crippen LogP contribution in [0.25, 0.3) is 0 Å². The van der Waals surface area contributed by atoms with Gasteiger partial charge >= 0.3 is 0 Å². The van der Waals surface area contributed by atoms with Crippen molar-refractivity contribution in [2.75, 3.05) is 30.1 Å². The summed E-state index contributed by atoms with van der Waals surface area (Å²) < 4.78 is 82.6. The van der Waals surface area contributed by atoms with Crippen LogP contribution >= 0.6 is 0 Å². The van der Waals surface area contributed by atoms with Crippen LogP contribution in [0.4, 0.5) is 0 Å². The fourth-order valence-corrected chi connectivity index (χ4v) is 10.6. The topological polar surface area (TPSA) is 127 Å². The summed E-state index contributed by atoms with van der Waals surface area (Å²) in [6.07, 6.45) is 0. The van der Waals surface area contributed by atoms with Gasteiger partial charge in [-0.05, 0) is 24.6 Å². The van der Waals surface area contributed by atoms with Gasteiger partial charge in [0.25, 0.3) is 0 Å². The molecule has 3 aliphatic rings. The van der Waals surface area contributed by atoms with Gasteiger partial charge in [-0.15, -0.1) is 0 Å². The molecule has 3 aliphatic heterocycles. The monoisotopic (exact) mass is 450 g/mol. The SMILES string of the molecule is COc1ccc(C)cc1S(=O)(=O)N1[C@@H]2CS(=O)(=O)C[C@@H]2N[C@@H]2CS(=O)(=O)C[C@H]21. The Labute approximate surface area is 164 Å². The predicted molar refractivity (Wildman–Crippen MR) is 102 cm³/mol. The molecule has 3 saturated heterocycles. The van der Waals surface area contributed by atoms with E-state index in [9.17, 15) is 25.3 Å². The third-order valence-electron chi connectivity index (χ3n) is 5.60. The number of nitrogens with zero attached hydrogens (tertiary/aromatic N) is 1. The number of ether oxygens (including phenoxy) is 1. The molecule has 1 aromatic rings. The fourth-order valence-electron chi connectivity index (χ4n) is 4.45. The third-order valence-corrected chi connectivity index (χ3v) is 11.0. The maximum absolute atomic E-state index is 13.7. The van der Waals surface area contributed by atoms with E-state index in [-0.39, 0.29) is 33.7 Å². The number of hydrogen-bond acceptors (Lipinski definition) is 8. The molecule has 0 unspecified atom stereocenters. The molecule has 0 amide bonds. The Morgan fingerprint density at radius 2 is 1.54 bits per heavy atom. The summed E-state index contributed by atoms with van der Waals surface area (Å²) in [6, 6.07) is 1.74. The van der Waals surface area contributed by atoms with Gasteiger partial charge in [-0.1, -0.05) is 6.07 Å². The molecule has 0 saturated carbocycles.